The average Bonchev–Trinajstić information content (AvgIpc) is 2.64. The Morgan fingerprint density at radius 2 is 1.68 bits per heavy atom. The van der Waals surface area contributed by atoms with Gasteiger partial charge in [0.1, 0.15) is 0 Å². The molecule has 0 atom stereocenters. The number of hydrazone groups is 1. The molecule has 0 aliphatic rings. The molecule has 0 aliphatic carbocycles. The van der Waals surface area contributed by atoms with E-state index in [-0.39, 0.29) is 5.91 Å². The fraction of sp³-hybridized carbons (Fsp3) is 0.278. The number of rotatable bonds is 6. The Hall–Kier alpha value is -3.09. The van der Waals surface area contributed by atoms with Crippen LogP contribution in [-0.2, 0) is 0 Å². The van der Waals surface area contributed by atoms with E-state index < -0.39 is 0 Å². The summed E-state index contributed by atoms with van der Waals surface area (Å²) in [6.45, 7) is 3.63. The van der Waals surface area contributed by atoms with E-state index in [9.17, 15) is 4.79 Å². The van der Waals surface area contributed by atoms with Gasteiger partial charge in [0, 0.05) is 17.5 Å². The van der Waals surface area contributed by atoms with Crippen LogP contribution < -0.4 is 19.6 Å². The van der Waals surface area contributed by atoms with Crippen LogP contribution in [0, 0.1) is 6.92 Å². The predicted octanol–water partition coefficient (Wildman–Crippen LogP) is 2.57. The van der Waals surface area contributed by atoms with Crippen LogP contribution in [0.4, 0.5) is 0 Å². The Bertz CT molecular complexity index is 760. The van der Waals surface area contributed by atoms with Crippen molar-refractivity contribution in [3.05, 3.63) is 47.3 Å². The van der Waals surface area contributed by atoms with Gasteiger partial charge in [0.25, 0.3) is 5.91 Å². The van der Waals surface area contributed by atoms with E-state index in [1.54, 1.807) is 45.4 Å². The first-order valence-electron chi connectivity index (χ1n) is 7.57. The number of aryl methyl sites for hydroxylation is 1. The lowest BCUT2D eigenvalue weighted by Crippen LogP contribution is -2.19. The van der Waals surface area contributed by atoms with Gasteiger partial charge in [0.05, 0.1) is 32.6 Å². The maximum absolute atomic E-state index is 12.1. The van der Waals surface area contributed by atoms with E-state index in [2.05, 4.69) is 15.5 Å². The standard InChI is InChI=1S/C18H21N3O4/c1-11-6-7-13(10-19-11)18(22)21-20-12(2)14-8-15(23-3)17(25-5)16(9-14)24-4/h6-10H,1-5H3,(H,21,22)/b20-12+. The van der Waals surface area contributed by atoms with Crippen LogP contribution in [-0.4, -0.2) is 37.9 Å². The fourth-order valence-corrected chi connectivity index (χ4v) is 2.16. The van der Waals surface area contributed by atoms with E-state index >= 15 is 0 Å². The Kier molecular flexibility index (Phi) is 5.94. The summed E-state index contributed by atoms with van der Waals surface area (Å²) in [6.07, 6.45) is 1.51. The van der Waals surface area contributed by atoms with Gasteiger partial charge >= 0.3 is 0 Å². The molecule has 7 heteroatoms. The number of benzene rings is 1. The van der Waals surface area contributed by atoms with Crippen molar-refractivity contribution in [1.29, 1.82) is 0 Å². The van der Waals surface area contributed by atoms with Crippen LogP contribution in [0.2, 0.25) is 0 Å². The highest BCUT2D eigenvalue weighted by Gasteiger charge is 2.14. The highest BCUT2D eigenvalue weighted by molar-refractivity contribution is 6.01. The van der Waals surface area contributed by atoms with Crippen molar-refractivity contribution in [2.24, 2.45) is 5.10 Å². The molecule has 1 aromatic heterocycles. The number of hydrogen-bond acceptors (Lipinski definition) is 6. The van der Waals surface area contributed by atoms with Gasteiger partial charge in [0.2, 0.25) is 5.75 Å². The third-order valence-electron chi connectivity index (χ3n) is 3.58. The molecular weight excluding hydrogens is 322 g/mol. The number of methoxy groups -OCH3 is 3. The third kappa shape index (κ3) is 4.26. The fourth-order valence-electron chi connectivity index (χ4n) is 2.16. The molecule has 0 bridgehead atoms. The Morgan fingerprint density at radius 1 is 1.04 bits per heavy atom. The van der Waals surface area contributed by atoms with Gasteiger partial charge in [-0.05, 0) is 38.1 Å². The van der Waals surface area contributed by atoms with Crippen molar-refractivity contribution < 1.29 is 19.0 Å². The molecule has 0 saturated heterocycles. The summed E-state index contributed by atoms with van der Waals surface area (Å²) in [6, 6.07) is 6.99. The van der Waals surface area contributed by atoms with Gasteiger partial charge in [-0.1, -0.05) is 0 Å². The molecule has 0 aliphatic heterocycles. The molecule has 0 saturated carbocycles. The number of nitrogens with one attached hydrogen (secondary N) is 1. The number of pyridine rings is 1. The van der Waals surface area contributed by atoms with Gasteiger partial charge in [-0.2, -0.15) is 5.10 Å². The van der Waals surface area contributed by atoms with E-state index in [1.807, 2.05) is 6.92 Å². The van der Waals surface area contributed by atoms with E-state index in [0.29, 0.717) is 28.5 Å². The molecule has 2 rings (SSSR count). The zero-order chi connectivity index (χ0) is 18.4. The normalized spacial score (nSPS) is 11.0. The van der Waals surface area contributed by atoms with E-state index in [4.69, 9.17) is 14.2 Å². The van der Waals surface area contributed by atoms with Crippen LogP contribution in [0.1, 0.15) is 28.5 Å². The molecule has 1 N–H and O–H groups in total. The summed E-state index contributed by atoms with van der Waals surface area (Å²) >= 11 is 0. The van der Waals surface area contributed by atoms with Gasteiger partial charge in [-0.15, -0.1) is 0 Å². The smallest absolute Gasteiger partial charge is 0.272 e. The molecule has 132 valence electrons. The molecule has 0 spiro atoms. The molecule has 0 radical (unpaired) electrons. The number of nitrogens with zero attached hydrogens (tertiary/aromatic N) is 2. The van der Waals surface area contributed by atoms with Crippen molar-refractivity contribution in [2.45, 2.75) is 13.8 Å². The topological polar surface area (TPSA) is 82.0 Å². The average molecular weight is 343 g/mol. The SMILES string of the molecule is COc1cc(/C(C)=N/NC(=O)c2ccc(C)nc2)cc(OC)c1OC. The molecule has 0 unspecified atom stereocenters. The highest BCUT2D eigenvalue weighted by Crippen LogP contribution is 2.38. The van der Waals surface area contributed by atoms with Gasteiger partial charge in [-0.3, -0.25) is 9.78 Å². The molecule has 1 aromatic carbocycles. The molecule has 1 amide bonds. The first kappa shape index (κ1) is 18.3. The molecular formula is C18H21N3O4. The predicted molar refractivity (Wildman–Crippen MR) is 94.7 cm³/mol. The van der Waals surface area contributed by atoms with Crippen LogP contribution in [0.25, 0.3) is 0 Å². The lowest BCUT2D eigenvalue weighted by atomic mass is 10.1. The maximum atomic E-state index is 12.1. The van der Waals surface area contributed by atoms with Gasteiger partial charge < -0.3 is 14.2 Å². The summed E-state index contributed by atoms with van der Waals surface area (Å²) in [7, 11) is 4.62. The monoisotopic (exact) mass is 343 g/mol. The minimum Gasteiger partial charge on any atom is -0.493 e. The van der Waals surface area contributed by atoms with Crippen molar-refractivity contribution in [1.82, 2.24) is 10.4 Å². The zero-order valence-electron chi connectivity index (χ0n) is 14.9. The number of carbonyl (C=O) groups excluding carboxylic acids is 1. The molecule has 2 aromatic rings. The quantitative estimate of drug-likeness (QED) is 0.644. The van der Waals surface area contributed by atoms with E-state index in [1.165, 1.54) is 13.3 Å². The summed E-state index contributed by atoms with van der Waals surface area (Å²) in [4.78, 5) is 16.2. The van der Waals surface area contributed by atoms with Gasteiger partial charge in [-0.25, -0.2) is 5.43 Å². The minimum absolute atomic E-state index is 0.334. The van der Waals surface area contributed by atoms with Crippen LogP contribution in [0.3, 0.4) is 0 Å². The number of hydrogen-bond donors (Lipinski definition) is 1. The van der Waals surface area contributed by atoms with Gasteiger partial charge in [0.15, 0.2) is 11.5 Å². The van der Waals surface area contributed by atoms with Crippen molar-refractivity contribution in [3.63, 3.8) is 0 Å². The van der Waals surface area contributed by atoms with Crippen LogP contribution in [0.5, 0.6) is 17.2 Å². The summed E-state index contributed by atoms with van der Waals surface area (Å²) in [5.41, 5.74) is 5.12. The zero-order valence-corrected chi connectivity index (χ0v) is 14.9. The largest absolute Gasteiger partial charge is 0.493 e. The third-order valence-corrected chi connectivity index (χ3v) is 3.58. The van der Waals surface area contributed by atoms with Crippen molar-refractivity contribution in [2.75, 3.05) is 21.3 Å². The molecule has 7 nitrogen and oxygen atoms in total. The Morgan fingerprint density at radius 3 is 2.16 bits per heavy atom. The molecule has 25 heavy (non-hydrogen) atoms. The first-order valence-corrected chi connectivity index (χ1v) is 7.57. The number of carbonyl (C=O) groups is 1. The van der Waals surface area contributed by atoms with Crippen LogP contribution >= 0.6 is 0 Å². The highest BCUT2D eigenvalue weighted by atomic mass is 16.5. The lowest BCUT2D eigenvalue weighted by molar-refractivity contribution is 0.0954. The number of amides is 1. The second-order valence-electron chi connectivity index (χ2n) is 5.24. The first-order chi connectivity index (χ1) is 12.0. The minimum atomic E-state index is -0.334. The maximum Gasteiger partial charge on any atom is 0.272 e. The van der Waals surface area contributed by atoms with Crippen molar-refractivity contribution >= 4 is 11.6 Å². The Balaban J connectivity index is 2.24. The van der Waals surface area contributed by atoms with Crippen LogP contribution in [0.15, 0.2) is 35.6 Å². The number of aromatic nitrogens is 1. The molecule has 0 fully saturated rings. The lowest BCUT2D eigenvalue weighted by Gasteiger charge is -2.14. The Labute approximate surface area is 146 Å². The van der Waals surface area contributed by atoms with Crippen molar-refractivity contribution in [3.8, 4) is 17.2 Å². The second kappa shape index (κ2) is 8.14. The summed E-state index contributed by atoms with van der Waals surface area (Å²) in [5.74, 6) is 1.19. The second-order valence-corrected chi connectivity index (χ2v) is 5.24. The molecule has 1 heterocycles. The number of ether oxygens (including phenoxy) is 3. The summed E-state index contributed by atoms with van der Waals surface area (Å²) < 4.78 is 15.9. The van der Waals surface area contributed by atoms with E-state index in [0.717, 1.165) is 11.3 Å². The summed E-state index contributed by atoms with van der Waals surface area (Å²) in [5, 5.41) is 4.14.